The lowest BCUT2D eigenvalue weighted by Gasteiger charge is -2.28. The summed E-state index contributed by atoms with van der Waals surface area (Å²) in [6.45, 7) is 11.0. The van der Waals surface area contributed by atoms with Crippen molar-refractivity contribution >= 4 is 16.9 Å². The number of benzene rings is 1. The van der Waals surface area contributed by atoms with E-state index < -0.39 is 11.0 Å². The first-order chi connectivity index (χ1) is 18.7. The van der Waals surface area contributed by atoms with Crippen molar-refractivity contribution in [1.29, 1.82) is 0 Å². The fourth-order valence-electron chi connectivity index (χ4n) is 6.26. The van der Waals surface area contributed by atoms with E-state index >= 15 is 0 Å². The topological polar surface area (TPSA) is 72.4 Å². The fourth-order valence-corrected chi connectivity index (χ4v) is 7.68. The van der Waals surface area contributed by atoms with Crippen molar-refractivity contribution in [3.05, 3.63) is 41.1 Å². The molecule has 2 aliphatic carbocycles. The molecule has 1 aromatic carbocycles. The summed E-state index contributed by atoms with van der Waals surface area (Å²) in [5.41, 5.74) is 4.92. The zero-order valence-corrected chi connectivity index (χ0v) is 25.1. The van der Waals surface area contributed by atoms with Crippen LogP contribution in [-0.2, 0) is 27.7 Å². The summed E-state index contributed by atoms with van der Waals surface area (Å²) in [6.07, 6.45) is 11.5. The Hall–Kier alpha value is -1.96. The van der Waals surface area contributed by atoms with Crippen LogP contribution in [0, 0.1) is 12.8 Å². The molecule has 0 radical (unpaired) electrons. The lowest BCUT2D eigenvalue weighted by atomic mass is 9.85. The van der Waals surface area contributed by atoms with Crippen LogP contribution >= 0.6 is 0 Å². The SMILES string of the molecule is Cc1c(C(=O)NC2CCOCC2)cc(-c2ccc(S(=O)NC3CCC3)c(C(C)(C)C)c2)n1CC1CCCCC1. The molecule has 1 unspecified atom stereocenters. The molecule has 214 valence electrons. The molecule has 0 bridgehead atoms. The van der Waals surface area contributed by atoms with Gasteiger partial charge in [0, 0.05) is 43.2 Å². The number of nitrogens with one attached hydrogen (secondary N) is 2. The Kier molecular flexibility index (Phi) is 8.99. The average molecular weight is 554 g/mol. The molecular weight excluding hydrogens is 506 g/mol. The lowest BCUT2D eigenvalue weighted by molar-refractivity contribution is 0.0696. The fraction of sp³-hybridized carbons (Fsp3) is 0.656. The van der Waals surface area contributed by atoms with E-state index in [4.69, 9.17) is 4.74 Å². The largest absolute Gasteiger partial charge is 0.381 e. The minimum absolute atomic E-state index is 0.0153. The predicted molar refractivity (Wildman–Crippen MR) is 158 cm³/mol. The summed E-state index contributed by atoms with van der Waals surface area (Å²) in [5, 5.41) is 3.28. The van der Waals surface area contributed by atoms with Crippen molar-refractivity contribution in [1.82, 2.24) is 14.6 Å². The zero-order chi connectivity index (χ0) is 27.6. The maximum atomic E-state index is 13.5. The van der Waals surface area contributed by atoms with Gasteiger partial charge in [-0.3, -0.25) is 4.79 Å². The standard InChI is InChI=1S/C32H47N3O3S/c1-22-27(31(36)33-25-15-17-38-18-16-25)20-29(35(22)21-23-9-6-5-7-10-23)24-13-14-30(28(19-24)32(2,3)4)39(37)34-26-11-8-12-26/h13-14,19-20,23,25-26,34H,5-12,15-18,21H2,1-4H3,(H,33,36). The van der Waals surface area contributed by atoms with Crippen molar-refractivity contribution in [3.63, 3.8) is 0 Å². The molecule has 7 heteroatoms. The molecule has 1 saturated heterocycles. The van der Waals surface area contributed by atoms with Crippen LogP contribution in [0.15, 0.2) is 29.2 Å². The van der Waals surface area contributed by atoms with Gasteiger partial charge in [0.1, 0.15) is 11.0 Å². The van der Waals surface area contributed by atoms with Gasteiger partial charge in [0.15, 0.2) is 0 Å². The van der Waals surface area contributed by atoms with Crippen LogP contribution in [0.5, 0.6) is 0 Å². The van der Waals surface area contributed by atoms with Crippen LogP contribution < -0.4 is 10.0 Å². The first-order valence-electron chi connectivity index (χ1n) is 15.1. The number of nitrogens with zero attached hydrogens (tertiary/aromatic N) is 1. The van der Waals surface area contributed by atoms with E-state index in [0.717, 1.165) is 65.2 Å². The van der Waals surface area contributed by atoms with Crippen LogP contribution in [0.2, 0.25) is 0 Å². The molecule has 1 aromatic heterocycles. The van der Waals surface area contributed by atoms with E-state index in [0.29, 0.717) is 25.2 Å². The summed E-state index contributed by atoms with van der Waals surface area (Å²) in [7, 11) is -1.24. The molecule has 6 nitrogen and oxygen atoms in total. The van der Waals surface area contributed by atoms with Crippen molar-refractivity contribution in [2.75, 3.05) is 13.2 Å². The van der Waals surface area contributed by atoms with E-state index in [9.17, 15) is 9.00 Å². The van der Waals surface area contributed by atoms with E-state index in [2.05, 4.69) is 60.5 Å². The maximum Gasteiger partial charge on any atom is 0.253 e. The molecule has 3 aliphatic rings. The Balaban J connectivity index is 1.50. The third-order valence-electron chi connectivity index (χ3n) is 9.00. The third-order valence-corrected chi connectivity index (χ3v) is 10.3. The molecule has 39 heavy (non-hydrogen) atoms. The maximum absolute atomic E-state index is 13.5. The second kappa shape index (κ2) is 12.3. The smallest absolute Gasteiger partial charge is 0.253 e. The Bertz CT molecular complexity index is 1180. The summed E-state index contributed by atoms with van der Waals surface area (Å²) in [5.74, 6) is 0.650. The monoisotopic (exact) mass is 553 g/mol. The predicted octanol–water partition coefficient (Wildman–Crippen LogP) is 6.41. The van der Waals surface area contributed by atoms with Crippen molar-refractivity contribution in [3.8, 4) is 11.3 Å². The summed E-state index contributed by atoms with van der Waals surface area (Å²) < 4.78 is 24.6. The van der Waals surface area contributed by atoms with Gasteiger partial charge in [0.2, 0.25) is 0 Å². The second-order valence-corrected chi connectivity index (χ2v) is 14.2. The van der Waals surface area contributed by atoms with Gasteiger partial charge in [0.05, 0.1) is 10.5 Å². The highest BCUT2D eigenvalue weighted by Gasteiger charge is 2.28. The number of amides is 1. The molecule has 2 N–H and O–H groups in total. The molecule has 0 spiro atoms. The molecule has 1 amide bonds. The van der Waals surface area contributed by atoms with E-state index in [1.807, 2.05) is 6.07 Å². The summed E-state index contributed by atoms with van der Waals surface area (Å²) in [6, 6.07) is 9.00. The molecule has 3 fully saturated rings. The first kappa shape index (κ1) is 28.6. The number of ether oxygens (including phenoxy) is 1. The van der Waals surface area contributed by atoms with Crippen LogP contribution in [0.25, 0.3) is 11.3 Å². The highest BCUT2D eigenvalue weighted by molar-refractivity contribution is 7.83. The van der Waals surface area contributed by atoms with Crippen molar-refractivity contribution < 1.29 is 13.7 Å². The highest BCUT2D eigenvalue weighted by Crippen LogP contribution is 2.36. The van der Waals surface area contributed by atoms with Gasteiger partial charge < -0.3 is 14.6 Å². The molecule has 2 saturated carbocycles. The molecule has 1 aliphatic heterocycles. The van der Waals surface area contributed by atoms with Crippen LogP contribution in [0.4, 0.5) is 0 Å². The quantitative estimate of drug-likeness (QED) is 0.397. The second-order valence-electron chi connectivity index (χ2n) is 13.0. The number of hydrogen-bond acceptors (Lipinski definition) is 3. The van der Waals surface area contributed by atoms with Gasteiger partial charge in [-0.05, 0) is 86.1 Å². The van der Waals surface area contributed by atoms with Gasteiger partial charge in [0.25, 0.3) is 5.91 Å². The Labute approximate surface area is 237 Å². The van der Waals surface area contributed by atoms with E-state index in [1.54, 1.807) is 0 Å². The Morgan fingerprint density at radius 2 is 1.69 bits per heavy atom. The number of carbonyl (C=O) groups is 1. The zero-order valence-electron chi connectivity index (χ0n) is 24.3. The normalized spacial score (nSPS) is 20.5. The lowest BCUT2D eigenvalue weighted by Crippen LogP contribution is -2.39. The molecule has 1 atom stereocenters. The Morgan fingerprint density at radius 3 is 2.33 bits per heavy atom. The summed E-state index contributed by atoms with van der Waals surface area (Å²) in [4.78, 5) is 14.4. The number of rotatable bonds is 8. The number of carbonyl (C=O) groups excluding carboxylic acids is 1. The van der Waals surface area contributed by atoms with Crippen LogP contribution in [0.3, 0.4) is 0 Å². The minimum Gasteiger partial charge on any atom is -0.381 e. The minimum atomic E-state index is -1.24. The third kappa shape index (κ3) is 6.68. The van der Waals surface area contributed by atoms with Gasteiger partial charge in [-0.25, -0.2) is 8.93 Å². The first-order valence-corrected chi connectivity index (χ1v) is 16.3. The van der Waals surface area contributed by atoms with E-state index in [-0.39, 0.29) is 17.4 Å². The van der Waals surface area contributed by atoms with Crippen molar-refractivity contribution in [2.24, 2.45) is 5.92 Å². The molecule has 5 rings (SSSR count). The van der Waals surface area contributed by atoms with Crippen molar-refractivity contribution in [2.45, 2.75) is 121 Å². The number of hydrogen-bond donors (Lipinski definition) is 2. The van der Waals surface area contributed by atoms with Gasteiger partial charge in [-0.1, -0.05) is 52.5 Å². The Morgan fingerprint density at radius 1 is 0.974 bits per heavy atom. The van der Waals surface area contributed by atoms with Gasteiger partial charge >= 0.3 is 0 Å². The van der Waals surface area contributed by atoms with E-state index in [1.165, 1.54) is 38.5 Å². The van der Waals surface area contributed by atoms with Crippen LogP contribution in [0.1, 0.15) is 107 Å². The van der Waals surface area contributed by atoms with Gasteiger partial charge in [-0.2, -0.15) is 0 Å². The van der Waals surface area contributed by atoms with Crippen LogP contribution in [-0.4, -0.2) is 40.0 Å². The molecule has 2 heterocycles. The molecule has 2 aromatic rings. The number of aromatic nitrogens is 1. The van der Waals surface area contributed by atoms with Gasteiger partial charge in [-0.15, -0.1) is 0 Å². The molecular formula is C32H47N3O3S. The average Bonchev–Trinajstić information content (AvgIpc) is 3.22. The highest BCUT2D eigenvalue weighted by atomic mass is 32.2. The summed E-state index contributed by atoms with van der Waals surface area (Å²) >= 11 is 0.